The fourth-order valence-electron chi connectivity index (χ4n) is 2.67. The molecule has 0 aromatic carbocycles. The summed E-state index contributed by atoms with van der Waals surface area (Å²) in [5.41, 5.74) is 0.581. The number of H-pyrrole nitrogens is 1. The summed E-state index contributed by atoms with van der Waals surface area (Å²) in [6.45, 7) is 0.842. The molecule has 0 saturated carbocycles. The minimum Gasteiger partial charge on any atom is -0.349 e. The van der Waals surface area contributed by atoms with Crippen molar-refractivity contribution in [3.8, 4) is 11.5 Å². The van der Waals surface area contributed by atoms with Crippen molar-refractivity contribution in [3.63, 3.8) is 0 Å². The van der Waals surface area contributed by atoms with Gasteiger partial charge in [-0.05, 0) is 6.42 Å². The maximum Gasteiger partial charge on any atom is 0.225 e. The molecule has 1 unspecified atom stereocenters. The number of hydrogen-bond donors (Lipinski definition) is 2. The van der Waals surface area contributed by atoms with Crippen molar-refractivity contribution < 1.29 is 4.79 Å². The lowest BCUT2D eigenvalue weighted by Gasteiger charge is -2.21. The molecule has 1 amide bonds. The van der Waals surface area contributed by atoms with Crippen molar-refractivity contribution in [1.29, 1.82) is 0 Å². The number of aromatic amines is 1. The molecule has 1 aliphatic rings. The van der Waals surface area contributed by atoms with Crippen LogP contribution < -0.4 is 5.32 Å². The number of hydrogen-bond acceptors (Lipinski definition) is 7. The molecule has 10 heteroatoms. The molecule has 24 heavy (non-hydrogen) atoms. The summed E-state index contributed by atoms with van der Waals surface area (Å²) < 4.78 is 1.79. The van der Waals surface area contributed by atoms with E-state index >= 15 is 0 Å². The first kappa shape index (κ1) is 14.4. The highest BCUT2D eigenvalue weighted by molar-refractivity contribution is 5.78. The Kier molecular flexibility index (Phi) is 3.69. The van der Waals surface area contributed by atoms with E-state index < -0.39 is 0 Å². The van der Waals surface area contributed by atoms with Crippen LogP contribution in [-0.2, 0) is 24.3 Å². The number of aromatic nitrogens is 8. The molecule has 0 bridgehead atoms. The Balaban J connectivity index is 1.36. The molecule has 0 spiro atoms. The standard InChI is InChI=1S/C14H15N9O/c24-14(9-1-2-12-18-8-19-23(12)7-9)17-6-11-20-13(22-21-11)10-5-15-3-4-16-10/h3-5,8-9H,1-2,6-7H2,(H,17,24)(H,20,21,22). The average molecular weight is 325 g/mol. The molecule has 1 atom stereocenters. The van der Waals surface area contributed by atoms with Gasteiger partial charge in [-0.2, -0.15) is 10.2 Å². The number of rotatable bonds is 4. The van der Waals surface area contributed by atoms with E-state index in [4.69, 9.17) is 0 Å². The van der Waals surface area contributed by atoms with Gasteiger partial charge in [-0.3, -0.25) is 14.9 Å². The Hall–Kier alpha value is -3.17. The minimum atomic E-state index is -0.110. The Morgan fingerprint density at radius 1 is 1.38 bits per heavy atom. The molecule has 3 aromatic heterocycles. The van der Waals surface area contributed by atoms with Gasteiger partial charge in [-0.1, -0.05) is 0 Å². The van der Waals surface area contributed by atoms with Crippen molar-refractivity contribution in [3.05, 3.63) is 36.6 Å². The summed E-state index contributed by atoms with van der Waals surface area (Å²) in [6, 6.07) is 0. The Morgan fingerprint density at radius 2 is 2.33 bits per heavy atom. The van der Waals surface area contributed by atoms with Gasteiger partial charge in [0.05, 0.1) is 25.2 Å². The molecule has 0 radical (unpaired) electrons. The van der Waals surface area contributed by atoms with Gasteiger partial charge in [0.25, 0.3) is 0 Å². The van der Waals surface area contributed by atoms with Crippen LogP contribution in [0.3, 0.4) is 0 Å². The summed E-state index contributed by atoms with van der Waals surface area (Å²) in [5, 5.41) is 13.9. The second-order valence-electron chi connectivity index (χ2n) is 5.51. The SMILES string of the molecule is O=C(NCc1nc(-c2cnccn2)n[nH]1)C1CCc2ncnn2C1. The lowest BCUT2D eigenvalue weighted by Crippen LogP contribution is -2.36. The quantitative estimate of drug-likeness (QED) is 0.676. The number of amides is 1. The monoisotopic (exact) mass is 325 g/mol. The first-order valence-corrected chi connectivity index (χ1v) is 7.61. The van der Waals surface area contributed by atoms with Gasteiger partial charge in [0.1, 0.15) is 23.7 Å². The van der Waals surface area contributed by atoms with Crippen LogP contribution in [0.25, 0.3) is 11.5 Å². The van der Waals surface area contributed by atoms with E-state index in [0.29, 0.717) is 23.9 Å². The number of nitrogens with one attached hydrogen (secondary N) is 2. The van der Waals surface area contributed by atoms with Crippen LogP contribution in [0.1, 0.15) is 18.1 Å². The summed E-state index contributed by atoms with van der Waals surface area (Å²) in [4.78, 5) is 28.9. The van der Waals surface area contributed by atoms with E-state index in [9.17, 15) is 4.79 Å². The van der Waals surface area contributed by atoms with Gasteiger partial charge in [0.2, 0.25) is 11.7 Å². The number of carbonyl (C=O) groups is 1. The first-order chi connectivity index (χ1) is 11.8. The summed E-state index contributed by atoms with van der Waals surface area (Å²) in [5.74, 6) is 1.83. The number of fused-ring (bicyclic) bond motifs is 1. The lowest BCUT2D eigenvalue weighted by atomic mass is 9.99. The second-order valence-corrected chi connectivity index (χ2v) is 5.51. The Labute approximate surface area is 136 Å². The Bertz CT molecular complexity index is 841. The van der Waals surface area contributed by atoms with Crippen LogP contribution in [-0.4, -0.2) is 45.8 Å². The predicted molar refractivity (Wildman–Crippen MR) is 81.1 cm³/mol. The molecule has 0 aliphatic carbocycles. The van der Waals surface area contributed by atoms with E-state index in [2.05, 4.69) is 40.5 Å². The van der Waals surface area contributed by atoms with Gasteiger partial charge in [0, 0.05) is 18.8 Å². The van der Waals surface area contributed by atoms with Crippen molar-refractivity contribution in [2.45, 2.75) is 25.9 Å². The van der Waals surface area contributed by atoms with Crippen molar-refractivity contribution in [2.24, 2.45) is 5.92 Å². The van der Waals surface area contributed by atoms with Gasteiger partial charge in [-0.25, -0.2) is 19.6 Å². The lowest BCUT2D eigenvalue weighted by molar-refractivity contribution is -0.126. The van der Waals surface area contributed by atoms with E-state index in [-0.39, 0.29) is 18.4 Å². The summed E-state index contributed by atoms with van der Waals surface area (Å²) in [6.07, 6.45) is 7.81. The predicted octanol–water partition coefficient (Wildman–Crippen LogP) is -0.268. The third-order valence-corrected chi connectivity index (χ3v) is 3.93. The normalized spacial score (nSPS) is 16.6. The van der Waals surface area contributed by atoms with Crippen LogP contribution in [0.15, 0.2) is 24.9 Å². The molecule has 122 valence electrons. The maximum absolute atomic E-state index is 12.3. The fourth-order valence-corrected chi connectivity index (χ4v) is 2.67. The smallest absolute Gasteiger partial charge is 0.225 e. The molecule has 1 aliphatic heterocycles. The van der Waals surface area contributed by atoms with E-state index in [0.717, 1.165) is 18.7 Å². The highest BCUT2D eigenvalue weighted by Crippen LogP contribution is 2.17. The third-order valence-electron chi connectivity index (χ3n) is 3.93. The summed E-state index contributed by atoms with van der Waals surface area (Å²) >= 11 is 0. The van der Waals surface area contributed by atoms with Crippen LogP contribution >= 0.6 is 0 Å². The van der Waals surface area contributed by atoms with Gasteiger partial charge < -0.3 is 5.32 Å². The topological polar surface area (TPSA) is 127 Å². The zero-order valence-corrected chi connectivity index (χ0v) is 12.8. The third kappa shape index (κ3) is 2.85. The van der Waals surface area contributed by atoms with Gasteiger partial charge in [-0.15, -0.1) is 0 Å². The molecular formula is C14H15N9O. The Morgan fingerprint density at radius 3 is 3.21 bits per heavy atom. The van der Waals surface area contributed by atoms with E-state index in [1.807, 2.05) is 0 Å². The van der Waals surface area contributed by atoms with Crippen LogP contribution in [0.4, 0.5) is 0 Å². The highest BCUT2D eigenvalue weighted by atomic mass is 16.1. The number of carbonyl (C=O) groups excluding carboxylic acids is 1. The molecule has 10 nitrogen and oxygen atoms in total. The molecule has 4 rings (SSSR count). The minimum absolute atomic E-state index is 0.0198. The van der Waals surface area contributed by atoms with Gasteiger partial charge in [0.15, 0.2) is 0 Å². The molecule has 3 aromatic rings. The molecule has 2 N–H and O–H groups in total. The van der Waals surface area contributed by atoms with Crippen molar-refractivity contribution >= 4 is 5.91 Å². The first-order valence-electron chi connectivity index (χ1n) is 7.61. The van der Waals surface area contributed by atoms with Gasteiger partial charge >= 0.3 is 0 Å². The molecule has 0 saturated heterocycles. The van der Waals surface area contributed by atoms with E-state index in [1.165, 1.54) is 6.33 Å². The molecular weight excluding hydrogens is 310 g/mol. The van der Waals surface area contributed by atoms with Crippen LogP contribution in [0, 0.1) is 5.92 Å². The maximum atomic E-state index is 12.3. The number of nitrogens with zero attached hydrogens (tertiary/aromatic N) is 7. The van der Waals surface area contributed by atoms with E-state index in [1.54, 1.807) is 23.3 Å². The highest BCUT2D eigenvalue weighted by Gasteiger charge is 2.25. The van der Waals surface area contributed by atoms with Crippen LogP contribution in [0.2, 0.25) is 0 Å². The molecule has 0 fully saturated rings. The zero-order valence-electron chi connectivity index (χ0n) is 12.8. The fraction of sp³-hybridized carbons (Fsp3) is 0.357. The molecule has 4 heterocycles. The second kappa shape index (κ2) is 6.14. The van der Waals surface area contributed by atoms with Crippen LogP contribution in [0.5, 0.6) is 0 Å². The average Bonchev–Trinajstić information content (AvgIpc) is 3.29. The zero-order chi connectivity index (χ0) is 16.4. The summed E-state index contributed by atoms with van der Waals surface area (Å²) in [7, 11) is 0. The number of aryl methyl sites for hydroxylation is 1. The largest absolute Gasteiger partial charge is 0.349 e. The van der Waals surface area contributed by atoms with Crippen molar-refractivity contribution in [1.82, 2.24) is 45.2 Å². The van der Waals surface area contributed by atoms with Crippen molar-refractivity contribution in [2.75, 3.05) is 0 Å².